The molecule has 14 heavy (non-hydrogen) atoms. The van der Waals surface area contributed by atoms with Gasteiger partial charge in [-0.15, -0.1) is 0 Å². The fourth-order valence-corrected chi connectivity index (χ4v) is 2.64. The summed E-state index contributed by atoms with van der Waals surface area (Å²) in [5.41, 5.74) is 3.02. The molecule has 1 saturated carbocycles. The average Bonchev–Trinajstić information content (AvgIpc) is 2.94. The van der Waals surface area contributed by atoms with Gasteiger partial charge in [0.1, 0.15) is 6.10 Å². The first-order valence-corrected chi connectivity index (χ1v) is 5.65. The minimum absolute atomic E-state index is 0.423. The molecule has 1 aliphatic heterocycles. The molecule has 0 bridgehead atoms. The Morgan fingerprint density at radius 1 is 1.00 bits per heavy atom. The zero-order valence-corrected chi connectivity index (χ0v) is 8.41. The minimum atomic E-state index is 0.423. The van der Waals surface area contributed by atoms with Crippen LogP contribution >= 0.6 is 0 Å². The predicted molar refractivity (Wildman–Crippen MR) is 56.3 cm³/mol. The van der Waals surface area contributed by atoms with Crippen molar-refractivity contribution >= 4 is 0 Å². The van der Waals surface area contributed by atoms with Crippen molar-refractivity contribution in [3.05, 3.63) is 35.4 Å². The summed E-state index contributed by atoms with van der Waals surface area (Å²) in [6.45, 7) is 0.934. The summed E-state index contributed by atoms with van der Waals surface area (Å²) in [4.78, 5) is 0. The van der Waals surface area contributed by atoms with Crippen LogP contribution in [0.25, 0.3) is 0 Å². The van der Waals surface area contributed by atoms with Crippen LogP contribution in [0, 0.1) is 0 Å². The topological polar surface area (TPSA) is 12.5 Å². The number of hydrogen-bond acceptors (Lipinski definition) is 1. The van der Waals surface area contributed by atoms with E-state index in [0.717, 1.165) is 12.5 Å². The highest BCUT2D eigenvalue weighted by molar-refractivity contribution is 5.34. The normalized spacial score (nSPS) is 26.7. The Hall–Kier alpha value is -0.820. The van der Waals surface area contributed by atoms with E-state index >= 15 is 0 Å². The molecule has 2 aliphatic rings. The standard InChI is InChI=1S/C13H16O/c1-2-6-10(5-1)11-7-3-4-8-12(11)13-9-14-13/h3-4,7-8,10,13H,1-2,5-6,9H2. The SMILES string of the molecule is c1ccc(C2CO2)c(C2CCCC2)c1. The van der Waals surface area contributed by atoms with Crippen LogP contribution in [0.4, 0.5) is 0 Å². The zero-order valence-electron chi connectivity index (χ0n) is 8.41. The Labute approximate surface area is 85.1 Å². The third kappa shape index (κ3) is 1.46. The van der Waals surface area contributed by atoms with Gasteiger partial charge >= 0.3 is 0 Å². The molecule has 1 heteroatoms. The summed E-state index contributed by atoms with van der Waals surface area (Å²) < 4.78 is 5.39. The van der Waals surface area contributed by atoms with Gasteiger partial charge in [0.05, 0.1) is 6.61 Å². The van der Waals surface area contributed by atoms with Gasteiger partial charge in [0.2, 0.25) is 0 Å². The summed E-state index contributed by atoms with van der Waals surface area (Å²) in [5.74, 6) is 0.815. The average molecular weight is 188 g/mol. The summed E-state index contributed by atoms with van der Waals surface area (Å²) in [7, 11) is 0. The molecular formula is C13H16O. The van der Waals surface area contributed by atoms with Gasteiger partial charge in [-0.25, -0.2) is 0 Å². The van der Waals surface area contributed by atoms with Crippen LogP contribution in [0.2, 0.25) is 0 Å². The van der Waals surface area contributed by atoms with Crippen LogP contribution in [0.3, 0.4) is 0 Å². The lowest BCUT2D eigenvalue weighted by Crippen LogP contribution is -1.97. The van der Waals surface area contributed by atoms with Crippen LogP contribution in [0.5, 0.6) is 0 Å². The summed E-state index contributed by atoms with van der Waals surface area (Å²) in [5, 5.41) is 0. The Morgan fingerprint density at radius 3 is 2.29 bits per heavy atom. The molecule has 0 spiro atoms. The maximum absolute atomic E-state index is 5.39. The first-order chi connectivity index (χ1) is 6.95. The maximum Gasteiger partial charge on any atom is 0.106 e. The highest BCUT2D eigenvalue weighted by atomic mass is 16.6. The van der Waals surface area contributed by atoms with Crippen LogP contribution in [0.1, 0.15) is 48.8 Å². The highest BCUT2D eigenvalue weighted by Gasteiger charge is 2.29. The number of epoxide rings is 1. The quantitative estimate of drug-likeness (QED) is 0.648. The van der Waals surface area contributed by atoms with E-state index in [-0.39, 0.29) is 0 Å². The molecule has 0 amide bonds. The number of benzene rings is 1. The van der Waals surface area contributed by atoms with Crippen molar-refractivity contribution in [1.29, 1.82) is 0 Å². The van der Waals surface area contributed by atoms with Crippen LogP contribution in [0.15, 0.2) is 24.3 Å². The second kappa shape index (κ2) is 3.39. The van der Waals surface area contributed by atoms with Gasteiger partial charge < -0.3 is 4.74 Å². The Balaban J connectivity index is 1.94. The third-order valence-electron chi connectivity index (χ3n) is 3.47. The lowest BCUT2D eigenvalue weighted by molar-refractivity contribution is 0.413. The fourth-order valence-electron chi connectivity index (χ4n) is 2.64. The molecule has 1 saturated heterocycles. The summed E-state index contributed by atoms with van der Waals surface area (Å²) in [6.07, 6.45) is 5.99. The van der Waals surface area contributed by atoms with Crippen LogP contribution in [-0.2, 0) is 4.74 Å². The monoisotopic (exact) mass is 188 g/mol. The first kappa shape index (κ1) is 8.49. The van der Waals surface area contributed by atoms with Gasteiger partial charge in [-0.05, 0) is 29.9 Å². The number of rotatable bonds is 2. The molecule has 1 aromatic carbocycles. The van der Waals surface area contributed by atoms with Crippen LogP contribution < -0.4 is 0 Å². The van der Waals surface area contributed by atoms with Gasteiger partial charge in [0.15, 0.2) is 0 Å². The van der Waals surface area contributed by atoms with Gasteiger partial charge in [-0.2, -0.15) is 0 Å². The van der Waals surface area contributed by atoms with E-state index in [1.807, 2.05) is 0 Å². The summed E-state index contributed by atoms with van der Waals surface area (Å²) in [6, 6.07) is 8.84. The second-order valence-corrected chi connectivity index (χ2v) is 4.43. The molecular weight excluding hydrogens is 172 g/mol. The van der Waals surface area contributed by atoms with Crippen molar-refractivity contribution in [2.45, 2.75) is 37.7 Å². The lowest BCUT2D eigenvalue weighted by atomic mass is 9.92. The first-order valence-electron chi connectivity index (χ1n) is 5.65. The molecule has 1 aliphatic carbocycles. The molecule has 74 valence electrons. The van der Waals surface area contributed by atoms with E-state index in [2.05, 4.69) is 24.3 Å². The van der Waals surface area contributed by atoms with Gasteiger partial charge in [0.25, 0.3) is 0 Å². The molecule has 3 rings (SSSR count). The fraction of sp³-hybridized carbons (Fsp3) is 0.538. The third-order valence-corrected chi connectivity index (χ3v) is 3.47. The smallest absolute Gasteiger partial charge is 0.106 e. The Morgan fingerprint density at radius 2 is 1.64 bits per heavy atom. The number of hydrogen-bond donors (Lipinski definition) is 0. The van der Waals surface area contributed by atoms with Gasteiger partial charge in [0, 0.05) is 0 Å². The van der Waals surface area contributed by atoms with Crippen molar-refractivity contribution in [1.82, 2.24) is 0 Å². The predicted octanol–water partition coefficient (Wildman–Crippen LogP) is 3.42. The van der Waals surface area contributed by atoms with E-state index in [1.165, 1.54) is 31.2 Å². The zero-order chi connectivity index (χ0) is 9.38. The van der Waals surface area contributed by atoms with Gasteiger partial charge in [-0.1, -0.05) is 37.1 Å². The largest absolute Gasteiger partial charge is 0.368 e. The number of ether oxygens (including phenoxy) is 1. The highest BCUT2D eigenvalue weighted by Crippen LogP contribution is 2.41. The minimum Gasteiger partial charge on any atom is -0.368 e. The lowest BCUT2D eigenvalue weighted by Gasteiger charge is -2.13. The van der Waals surface area contributed by atoms with E-state index in [4.69, 9.17) is 4.74 Å². The maximum atomic E-state index is 5.39. The van der Waals surface area contributed by atoms with Crippen molar-refractivity contribution < 1.29 is 4.74 Å². The molecule has 2 fully saturated rings. The van der Waals surface area contributed by atoms with Crippen molar-refractivity contribution in [2.24, 2.45) is 0 Å². The molecule has 1 atom stereocenters. The van der Waals surface area contributed by atoms with E-state index in [9.17, 15) is 0 Å². The Kier molecular flexibility index (Phi) is 2.06. The van der Waals surface area contributed by atoms with Crippen LogP contribution in [-0.4, -0.2) is 6.61 Å². The van der Waals surface area contributed by atoms with Crippen molar-refractivity contribution in [2.75, 3.05) is 6.61 Å². The van der Waals surface area contributed by atoms with E-state index < -0.39 is 0 Å². The molecule has 1 unspecified atom stereocenters. The molecule has 1 heterocycles. The van der Waals surface area contributed by atoms with Crippen molar-refractivity contribution in [3.8, 4) is 0 Å². The second-order valence-electron chi connectivity index (χ2n) is 4.43. The van der Waals surface area contributed by atoms with E-state index in [0.29, 0.717) is 6.10 Å². The van der Waals surface area contributed by atoms with Crippen molar-refractivity contribution in [3.63, 3.8) is 0 Å². The Bertz CT molecular complexity index is 322. The molecule has 0 radical (unpaired) electrons. The molecule has 0 aromatic heterocycles. The van der Waals surface area contributed by atoms with Gasteiger partial charge in [-0.3, -0.25) is 0 Å². The molecule has 1 nitrogen and oxygen atoms in total. The molecule has 0 N–H and O–H groups in total. The molecule has 1 aromatic rings. The van der Waals surface area contributed by atoms with E-state index in [1.54, 1.807) is 5.56 Å². The summed E-state index contributed by atoms with van der Waals surface area (Å²) >= 11 is 0.